The summed E-state index contributed by atoms with van der Waals surface area (Å²) in [5.41, 5.74) is 0.850. The van der Waals surface area contributed by atoms with Crippen molar-refractivity contribution in [2.24, 2.45) is 0 Å². The number of rotatable bonds is 6. The minimum Gasteiger partial charge on any atom is -0.479 e. The highest BCUT2D eigenvalue weighted by Gasteiger charge is 2.29. The molecule has 0 saturated carbocycles. The fourth-order valence-corrected chi connectivity index (χ4v) is 4.69. The van der Waals surface area contributed by atoms with Crippen LogP contribution in [0.3, 0.4) is 0 Å². The fraction of sp³-hybridized carbons (Fsp3) is 0.435. The van der Waals surface area contributed by atoms with Gasteiger partial charge in [0.15, 0.2) is 11.6 Å². The lowest BCUT2D eigenvalue weighted by atomic mass is 10.0. The molecule has 1 N–H and O–H groups in total. The Kier molecular flexibility index (Phi) is 5.99. The number of halogens is 4. The van der Waals surface area contributed by atoms with Gasteiger partial charge >= 0.3 is 0 Å². The van der Waals surface area contributed by atoms with Gasteiger partial charge < -0.3 is 19.5 Å². The number of piperidine rings is 1. The molecule has 1 saturated heterocycles. The highest BCUT2D eigenvalue weighted by molar-refractivity contribution is 5.90. The van der Waals surface area contributed by atoms with Gasteiger partial charge in [0.1, 0.15) is 29.7 Å². The zero-order chi connectivity index (χ0) is 24.9. The van der Waals surface area contributed by atoms with Crippen molar-refractivity contribution in [2.45, 2.75) is 32.1 Å². The molecule has 0 bridgehead atoms. The van der Waals surface area contributed by atoms with Crippen LogP contribution in [-0.4, -0.2) is 75.2 Å². The van der Waals surface area contributed by atoms with E-state index in [1.807, 2.05) is 11.9 Å². The monoisotopic (exact) mass is 491 g/mol. The summed E-state index contributed by atoms with van der Waals surface area (Å²) >= 11 is 0. The maximum absolute atomic E-state index is 15.3. The van der Waals surface area contributed by atoms with Crippen molar-refractivity contribution >= 4 is 22.5 Å². The number of nitrogens with one attached hydrogen (secondary N) is 1. The number of anilines is 1. The molecule has 0 radical (unpaired) electrons. The molecule has 5 rings (SSSR count). The van der Waals surface area contributed by atoms with Crippen LogP contribution in [0.1, 0.15) is 12.2 Å². The molecule has 0 amide bonds. The van der Waals surface area contributed by atoms with Crippen LogP contribution in [-0.2, 0) is 6.54 Å². The number of nitrogens with zero attached hydrogens (tertiary/aromatic N) is 6. The predicted molar refractivity (Wildman–Crippen MR) is 123 cm³/mol. The Morgan fingerprint density at radius 3 is 2.71 bits per heavy atom. The summed E-state index contributed by atoms with van der Waals surface area (Å²) in [7, 11) is 3.22. The number of methoxy groups -OCH3 is 1. The van der Waals surface area contributed by atoms with E-state index in [1.54, 1.807) is 17.6 Å². The van der Waals surface area contributed by atoms with E-state index in [0.29, 0.717) is 24.3 Å². The van der Waals surface area contributed by atoms with E-state index in [2.05, 4.69) is 20.4 Å². The highest BCUT2D eigenvalue weighted by Crippen LogP contribution is 2.36. The van der Waals surface area contributed by atoms with Crippen LogP contribution < -0.4 is 10.1 Å². The summed E-state index contributed by atoms with van der Waals surface area (Å²) < 4.78 is 66.0. The fourth-order valence-electron chi connectivity index (χ4n) is 4.69. The number of imidazole rings is 1. The summed E-state index contributed by atoms with van der Waals surface area (Å²) in [6.07, 6.45) is 0.564. The first kappa shape index (κ1) is 23.3. The number of hydrogen-bond acceptors (Lipinski definition) is 6. The summed E-state index contributed by atoms with van der Waals surface area (Å²) in [4.78, 5) is 10.4. The maximum Gasteiger partial charge on any atom is 0.244 e. The van der Waals surface area contributed by atoms with Crippen molar-refractivity contribution in [3.63, 3.8) is 0 Å². The molecular weight excluding hydrogens is 466 g/mol. The molecule has 0 unspecified atom stereocenters. The van der Waals surface area contributed by atoms with E-state index in [-0.39, 0.29) is 47.1 Å². The van der Waals surface area contributed by atoms with E-state index in [0.717, 1.165) is 6.20 Å². The van der Waals surface area contributed by atoms with Crippen LogP contribution in [0.25, 0.3) is 27.7 Å². The smallest absolute Gasteiger partial charge is 0.244 e. The number of fused-ring (bicyclic) bond motifs is 2. The molecule has 0 aliphatic carbocycles. The Labute approximate surface area is 198 Å². The first-order valence-electron chi connectivity index (χ1n) is 11.3. The number of aryl methyl sites for hydroxylation is 2. The minimum absolute atomic E-state index is 0.00178. The normalized spacial score (nSPS) is 19.1. The van der Waals surface area contributed by atoms with Gasteiger partial charge in [-0.1, -0.05) is 0 Å². The molecule has 35 heavy (non-hydrogen) atoms. The molecule has 1 aliphatic rings. The van der Waals surface area contributed by atoms with Gasteiger partial charge in [-0.2, -0.15) is 4.98 Å². The van der Waals surface area contributed by atoms with E-state index in [1.165, 1.54) is 17.7 Å². The van der Waals surface area contributed by atoms with Crippen LogP contribution >= 0.6 is 0 Å². The molecule has 8 nitrogen and oxygen atoms in total. The summed E-state index contributed by atoms with van der Waals surface area (Å²) in [6.45, 7) is 1.99. The van der Waals surface area contributed by atoms with Crippen molar-refractivity contribution in [1.29, 1.82) is 0 Å². The highest BCUT2D eigenvalue weighted by atomic mass is 19.1. The lowest BCUT2D eigenvalue weighted by molar-refractivity contribution is 0.149. The Morgan fingerprint density at radius 1 is 1.20 bits per heavy atom. The first-order chi connectivity index (χ1) is 16.8. The second-order valence-corrected chi connectivity index (χ2v) is 8.73. The summed E-state index contributed by atoms with van der Waals surface area (Å²) in [5.74, 6) is -0.756. The van der Waals surface area contributed by atoms with Gasteiger partial charge in [0, 0.05) is 13.1 Å². The molecule has 0 spiro atoms. The van der Waals surface area contributed by atoms with Gasteiger partial charge in [-0.25, -0.2) is 27.1 Å². The van der Waals surface area contributed by atoms with Gasteiger partial charge in [-0.15, -0.1) is 5.10 Å². The number of likely N-dealkylation sites (tertiary alicyclic amines) is 1. The third-order valence-electron chi connectivity index (χ3n) is 6.40. The third kappa shape index (κ3) is 4.05. The largest absolute Gasteiger partial charge is 0.479 e. The van der Waals surface area contributed by atoms with Crippen LogP contribution in [0.2, 0.25) is 0 Å². The van der Waals surface area contributed by atoms with E-state index >= 15 is 4.39 Å². The maximum atomic E-state index is 15.3. The Morgan fingerprint density at radius 2 is 2.00 bits per heavy atom. The Bertz CT molecular complexity index is 1400. The van der Waals surface area contributed by atoms with Crippen LogP contribution in [0.4, 0.5) is 23.5 Å². The van der Waals surface area contributed by atoms with Gasteiger partial charge in [-0.3, -0.25) is 0 Å². The lowest BCUT2D eigenvalue weighted by Crippen LogP contribution is -2.46. The second kappa shape index (κ2) is 8.99. The van der Waals surface area contributed by atoms with Crippen molar-refractivity contribution in [3.8, 4) is 17.0 Å². The first-order valence-corrected chi connectivity index (χ1v) is 11.3. The van der Waals surface area contributed by atoms with Gasteiger partial charge in [0.05, 0.1) is 37.0 Å². The quantitative estimate of drug-likeness (QED) is 0.414. The van der Waals surface area contributed by atoms with E-state index in [9.17, 15) is 13.2 Å². The zero-order valence-electron chi connectivity index (χ0n) is 19.5. The molecule has 1 aromatic carbocycles. The Balaban J connectivity index is 1.61. The van der Waals surface area contributed by atoms with Crippen molar-refractivity contribution in [3.05, 3.63) is 35.8 Å². The van der Waals surface area contributed by atoms with Crippen LogP contribution in [0.5, 0.6) is 5.88 Å². The molecule has 12 heteroatoms. The van der Waals surface area contributed by atoms with Crippen LogP contribution in [0, 0.1) is 18.6 Å². The number of hydrogen-bond donors (Lipinski definition) is 1. The second-order valence-electron chi connectivity index (χ2n) is 8.73. The average molecular weight is 491 g/mol. The van der Waals surface area contributed by atoms with E-state index in [4.69, 9.17) is 4.74 Å². The SMILES string of the molecule is COc1nc(N[C@@H]2CCN(C)C[C@@H]2F)nn2cc(F)c(-c3cc(F)c4nc(C)n(CCF)c4c3)c12. The third-order valence-corrected chi connectivity index (χ3v) is 6.40. The average Bonchev–Trinajstić information content (AvgIpc) is 3.31. The molecule has 1 fully saturated rings. The van der Waals surface area contributed by atoms with Gasteiger partial charge in [0.2, 0.25) is 11.8 Å². The van der Waals surface area contributed by atoms with Gasteiger partial charge in [0.25, 0.3) is 0 Å². The molecule has 2 atom stereocenters. The Hall–Kier alpha value is -3.41. The topological polar surface area (TPSA) is 72.5 Å². The summed E-state index contributed by atoms with van der Waals surface area (Å²) in [6, 6.07) is 2.23. The van der Waals surface area contributed by atoms with Crippen molar-refractivity contribution in [1.82, 2.24) is 29.0 Å². The zero-order valence-corrected chi connectivity index (χ0v) is 19.5. The standard InChI is InChI=1S/C23H25F4N7O/c1-12-28-20-14(25)8-13(9-18(20)33(12)7-5-24)19-16(27)11-34-21(19)22(35-3)30-23(31-34)29-17-4-6-32(2)10-15(17)26/h8-9,11,15,17H,4-7,10H2,1-3H3,(H,29,31)/t15-,17+/m0/s1. The number of ether oxygens (including phenoxy) is 1. The van der Waals surface area contributed by atoms with Crippen molar-refractivity contribution < 1.29 is 22.3 Å². The molecular formula is C23H25F4N7O. The molecule has 4 heterocycles. The minimum atomic E-state index is -1.12. The molecule has 1 aliphatic heterocycles. The van der Waals surface area contributed by atoms with Gasteiger partial charge in [-0.05, 0) is 38.1 Å². The van der Waals surface area contributed by atoms with E-state index < -0.39 is 30.5 Å². The van der Waals surface area contributed by atoms with Crippen LogP contribution in [0.15, 0.2) is 18.3 Å². The predicted octanol–water partition coefficient (Wildman–Crippen LogP) is 3.76. The lowest BCUT2D eigenvalue weighted by Gasteiger charge is -2.32. The van der Waals surface area contributed by atoms with Crippen molar-refractivity contribution in [2.75, 3.05) is 39.2 Å². The molecule has 186 valence electrons. The summed E-state index contributed by atoms with van der Waals surface area (Å²) in [5, 5.41) is 7.30. The number of benzene rings is 1. The number of aromatic nitrogens is 5. The molecule has 3 aromatic heterocycles. The number of alkyl halides is 2. The molecule has 4 aromatic rings.